The van der Waals surface area contributed by atoms with Gasteiger partial charge in [-0.1, -0.05) is 11.6 Å². The molecule has 0 aliphatic carbocycles. The van der Waals surface area contributed by atoms with Gasteiger partial charge in [0, 0.05) is 19.5 Å². The van der Waals surface area contributed by atoms with E-state index in [9.17, 15) is 8.42 Å². The lowest BCUT2D eigenvalue weighted by Crippen LogP contribution is -2.32. The Balaban J connectivity index is 2.96. The summed E-state index contributed by atoms with van der Waals surface area (Å²) in [6, 6.07) is -0.354. The topological polar surface area (TPSA) is 64.0 Å². The number of hydrogen-bond acceptors (Lipinski definition) is 3. The molecule has 1 rings (SSSR count). The number of terminal acetylenes is 1. The van der Waals surface area contributed by atoms with Crippen molar-refractivity contribution in [3.05, 3.63) is 11.5 Å². The Labute approximate surface area is 99.9 Å². The summed E-state index contributed by atoms with van der Waals surface area (Å²) in [6.45, 7) is 1.67. The second-order valence-electron chi connectivity index (χ2n) is 3.38. The molecule has 0 spiro atoms. The Kier molecular flexibility index (Phi) is 3.97. The van der Waals surface area contributed by atoms with Gasteiger partial charge < -0.3 is 4.57 Å². The molecular formula is C9H12ClN3O2S. The number of aromatic nitrogens is 2. The summed E-state index contributed by atoms with van der Waals surface area (Å²) in [4.78, 5) is 3.73. The molecule has 1 unspecified atom stereocenters. The summed E-state index contributed by atoms with van der Waals surface area (Å²) < 4.78 is 27.4. The van der Waals surface area contributed by atoms with Crippen molar-refractivity contribution in [1.82, 2.24) is 14.3 Å². The summed E-state index contributed by atoms with van der Waals surface area (Å²) in [6.07, 6.45) is 6.74. The largest absolute Gasteiger partial charge is 0.324 e. The molecule has 5 nitrogen and oxygen atoms in total. The molecule has 0 fully saturated rings. The third kappa shape index (κ3) is 2.76. The SMILES string of the molecule is C#CCC(C)NS(=O)(=O)c1ncn(C)c1Cl. The number of imidazole rings is 1. The monoisotopic (exact) mass is 261 g/mol. The number of aryl methyl sites for hydroxylation is 1. The van der Waals surface area contributed by atoms with E-state index in [-0.39, 0.29) is 16.2 Å². The minimum atomic E-state index is -3.70. The van der Waals surface area contributed by atoms with Gasteiger partial charge in [0.2, 0.25) is 5.03 Å². The van der Waals surface area contributed by atoms with Crippen molar-refractivity contribution < 1.29 is 8.42 Å². The van der Waals surface area contributed by atoms with Crippen molar-refractivity contribution in [1.29, 1.82) is 0 Å². The molecule has 0 radical (unpaired) electrons. The van der Waals surface area contributed by atoms with E-state index in [1.165, 1.54) is 10.9 Å². The first-order valence-corrected chi connectivity index (χ1v) is 6.37. The van der Waals surface area contributed by atoms with Gasteiger partial charge in [-0.2, -0.15) is 0 Å². The second-order valence-corrected chi connectivity index (χ2v) is 5.37. The van der Waals surface area contributed by atoms with Gasteiger partial charge in [-0.15, -0.1) is 12.3 Å². The van der Waals surface area contributed by atoms with E-state index in [1.807, 2.05) is 0 Å². The van der Waals surface area contributed by atoms with Gasteiger partial charge in [-0.25, -0.2) is 18.1 Å². The Hall–Kier alpha value is -1.03. The Bertz CT molecular complexity index is 515. The maximum absolute atomic E-state index is 11.8. The standard InChI is InChI=1S/C9H12ClN3O2S/c1-4-5-7(2)12-16(14,15)9-8(10)13(3)6-11-9/h1,6-7,12H,5H2,2-3H3. The lowest BCUT2D eigenvalue weighted by Gasteiger charge is -2.10. The predicted octanol–water partition coefficient (Wildman–Crippen LogP) is 0.764. The van der Waals surface area contributed by atoms with Crippen molar-refractivity contribution in [3.8, 4) is 12.3 Å². The molecule has 0 aromatic carbocycles. The molecule has 0 saturated heterocycles. The van der Waals surface area contributed by atoms with Crippen LogP contribution in [0.2, 0.25) is 5.15 Å². The summed E-state index contributed by atoms with van der Waals surface area (Å²) in [5, 5.41) is -0.110. The van der Waals surface area contributed by atoms with E-state index in [0.29, 0.717) is 6.42 Å². The van der Waals surface area contributed by atoms with Gasteiger partial charge in [0.05, 0.1) is 6.33 Å². The van der Waals surface area contributed by atoms with Crippen LogP contribution < -0.4 is 4.72 Å². The highest BCUT2D eigenvalue weighted by molar-refractivity contribution is 7.89. The fourth-order valence-electron chi connectivity index (χ4n) is 1.11. The van der Waals surface area contributed by atoms with Gasteiger partial charge in [-0.3, -0.25) is 0 Å². The van der Waals surface area contributed by atoms with Crippen molar-refractivity contribution >= 4 is 21.6 Å². The zero-order valence-corrected chi connectivity index (χ0v) is 10.5. The van der Waals surface area contributed by atoms with Crippen LogP contribution in [0.4, 0.5) is 0 Å². The highest BCUT2D eigenvalue weighted by Gasteiger charge is 2.23. The summed E-state index contributed by atoms with van der Waals surface area (Å²) >= 11 is 5.79. The molecule has 1 aromatic heterocycles. The molecule has 0 amide bonds. The number of sulfonamides is 1. The first-order valence-electron chi connectivity index (χ1n) is 4.51. The molecule has 0 aliphatic heterocycles. The Morgan fingerprint density at radius 3 is 2.81 bits per heavy atom. The van der Waals surface area contributed by atoms with E-state index >= 15 is 0 Å². The predicted molar refractivity (Wildman–Crippen MR) is 61.5 cm³/mol. The molecule has 7 heteroatoms. The van der Waals surface area contributed by atoms with Crippen LogP contribution in [0.3, 0.4) is 0 Å². The number of nitrogens with zero attached hydrogens (tertiary/aromatic N) is 2. The lowest BCUT2D eigenvalue weighted by atomic mass is 10.3. The van der Waals surface area contributed by atoms with E-state index < -0.39 is 10.0 Å². The summed E-state index contributed by atoms with van der Waals surface area (Å²) in [5.74, 6) is 2.38. The maximum Gasteiger partial charge on any atom is 0.261 e. The zero-order valence-electron chi connectivity index (χ0n) is 8.94. The zero-order chi connectivity index (χ0) is 12.3. The molecule has 1 N–H and O–H groups in total. The Morgan fingerprint density at radius 1 is 1.75 bits per heavy atom. The van der Waals surface area contributed by atoms with Gasteiger partial charge >= 0.3 is 0 Å². The molecular weight excluding hydrogens is 250 g/mol. The van der Waals surface area contributed by atoms with Crippen LogP contribution in [0, 0.1) is 12.3 Å². The first kappa shape index (κ1) is 13.0. The smallest absolute Gasteiger partial charge is 0.261 e. The first-order chi connectivity index (χ1) is 7.38. The highest BCUT2D eigenvalue weighted by Crippen LogP contribution is 2.18. The van der Waals surface area contributed by atoms with Crippen LogP contribution in [-0.2, 0) is 17.1 Å². The lowest BCUT2D eigenvalue weighted by molar-refractivity contribution is 0.560. The summed E-state index contributed by atoms with van der Waals surface area (Å²) in [5.41, 5.74) is 0. The third-order valence-corrected chi connectivity index (χ3v) is 3.95. The molecule has 1 heterocycles. The van der Waals surface area contributed by atoms with Crippen LogP contribution in [0.15, 0.2) is 11.4 Å². The molecule has 1 aromatic rings. The number of hydrogen-bond donors (Lipinski definition) is 1. The maximum atomic E-state index is 11.8. The van der Waals surface area contributed by atoms with E-state index in [2.05, 4.69) is 15.6 Å². The fourth-order valence-corrected chi connectivity index (χ4v) is 2.79. The third-order valence-electron chi connectivity index (χ3n) is 1.87. The molecule has 1 atom stereocenters. The number of halogens is 1. The highest BCUT2D eigenvalue weighted by atomic mass is 35.5. The van der Waals surface area contributed by atoms with Crippen molar-refractivity contribution in [2.24, 2.45) is 7.05 Å². The van der Waals surface area contributed by atoms with Crippen LogP contribution >= 0.6 is 11.6 Å². The van der Waals surface area contributed by atoms with E-state index in [0.717, 1.165) is 0 Å². The fraction of sp³-hybridized carbons (Fsp3) is 0.444. The molecule has 0 bridgehead atoms. The Morgan fingerprint density at radius 2 is 2.38 bits per heavy atom. The van der Waals surface area contributed by atoms with Crippen LogP contribution in [-0.4, -0.2) is 24.0 Å². The second kappa shape index (κ2) is 4.87. The molecule has 16 heavy (non-hydrogen) atoms. The van der Waals surface area contributed by atoms with E-state index in [1.54, 1.807) is 14.0 Å². The van der Waals surface area contributed by atoms with Gasteiger partial charge in [0.15, 0.2) is 0 Å². The van der Waals surface area contributed by atoms with E-state index in [4.69, 9.17) is 18.0 Å². The van der Waals surface area contributed by atoms with Crippen molar-refractivity contribution in [2.75, 3.05) is 0 Å². The number of nitrogens with one attached hydrogen (secondary N) is 1. The quantitative estimate of drug-likeness (QED) is 0.814. The number of rotatable bonds is 4. The van der Waals surface area contributed by atoms with Gasteiger partial charge in [-0.05, 0) is 6.92 Å². The van der Waals surface area contributed by atoms with Crippen molar-refractivity contribution in [3.63, 3.8) is 0 Å². The van der Waals surface area contributed by atoms with Gasteiger partial charge in [0.25, 0.3) is 10.0 Å². The molecule has 0 aliphatic rings. The summed E-state index contributed by atoms with van der Waals surface area (Å²) in [7, 11) is -2.09. The average molecular weight is 262 g/mol. The van der Waals surface area contributed by atoms with Crippen LogP contribution in [0.25, 0.3) is 0 Å². The minimum absolute atomic E-state index is 0.0698. The van der Waals surface area contributed by atoms with Crippen LogP contribution in [0.1, 0.15) is 13.3 Å². The van der Waals surface area contributed by atoms with Crippen LogP contribution in [0.5, 0.6) is 0 Å². The van der Waals surface area contributed by atoms with Crippen molar-refractivity contribution in [2.45, 2.75) is 24.4 Å². The normalized spacial score (nSPS) is 13.4. The molecule has 88 valence electrons. The minimum Gasteiger partial charge on any atom is -0.324 e. The van der Waals surface area contributed by atoms with Gasteiger partial charge in [0.1, 0.15) is 5.15 Å². The average Bonchev–Trinajstić information content (AvgIpc) is 2.47. The molecule has 0 saturated carbocycles.